The topological polar surface area (TPSA) is 143 Å². The number of carbonyl (C=O) groups is 4. The van der Waals surface area contributed by atoms with Crippen LogP contribution in [-0.4, -0.2) is 61.3 Å². The molecule has 11 heteroatoms. The second-order valence-electron chi connectivity index (χ2n) is 11.8. The van der Waals surface area contributed by atoms with Crippen molar-refractivity contribution in [3.8, 4) is 0 Å². The Morgan fingerprint density at radius 1 is 0.957 bits per heavy atom. The van der Waals surface area contributed by atoms with Gasteiger partial charge in [0.25, 0.3) is 0 Å². The maximum absolute atomic E-state index is 14.0. The number of esters is 2. The number of hydrogen-bond donors (Lipinski definition) is 0. The molecule has 0 saturated carbocycles. The number of aromatic nitrogens is 3. The van der Waals surface area contributed by atoms with Crippen LogP contribution >= 0.6 is 0 Å². The van der Waals surface area contributed by atoms with E-state index in [4.69, 9.17) is 29.7 Å². The van der Waals surface area contributed by atoms with Gasteiger partial charge < -0.3 is 29.7 Å². The summed E-state index contributed by atoms with van der Waals surface area (Å²) in [4.78, 5) is 66.7. The molecule has 5 heterocycles. The van der Waals surface area contributed by atoms with Crippen molar-refractivity contribution < 1.29 is 28.7 Å². The maximum atomic E-state index is 14.0. The van der Waals surface area contributed by atoms with Crippen molar-refractivity contribution in [3.05, 3.63) is 90.1 Å². The van der Waals surface area contributed by atoms with Gasteiger partial charge in [-0.3, -0.25) is 19.2 Å². The summed E-state index contributed by atoms with van der Waals surface area (Å²) in [6.07, 6.45) is 9.05. The van der Waals surface area contributed by atoms with E-state index in [1.807, 2.05) is 26.8 Å². The van der Waals surface area contributed by atoms with Crippen LogP contribution in [0.5, 0.6) is 0 Å². The molecule has 3 atom stereocenters. The van der Waals surface area contributed by atoms with Gasteiger partial charge >= 0.3 is 35.0 Å². The molecule has 10 nitrogen and oxygen atoms in total. The number of rotatable bonds is 7. The van der Waals surface area contributed by atoms with E-state index in [0.29, 0.717) is 80.0 Å². The van der Waals surface area contributed by atoms with Crippen LogP contribution in [0.4, 0.5) is 0 Å². The van der Waals surface area contributed by atoms with E-state index in [1.54, 1.807) is 25.2 Å². The Morgan fingerprint density at radius 3 is 2.30 bits per heavy atom. The molecule has 0 spiro atoms. The number of aldehydes is 1. The van der Waals surface area contributed by atoms with Crippen LogP contribution in [0.15, 0.2) is 18.0 Å². The molecule has 0 unspecified atom stereocenters. The summed E-state index contributed by atoms with van der Waals surface area (Å²) < 4.78 is 10.1. The van der Waals surface area contributed by atoms with E-state index >= 15 is 0 Å². The van der Waals surface area contributed by atoms with Crippen molar-refractivity contribution in [3.63, 3.8) is 0 Å². The van der Waals surface area contributed by atoms with Crippen LogP contribution in [-0.2, 0) is 25.5 Å². The van der Waals surface area contributed by atoms with Crippen molar-refractivity contribution in [2.45, 2.75) is 47.0 Å². The molecular formula is C36H34MgN4O6-2. The van der Waals surface area contributed by atoms with Crippen LogP contribution in [0.3, 0.4) is 0 Å². The van der Waals surface area contributed by atoms with Gasteiger partial charge in [-0.05, 0) is 44.1 Å². The average Bonchev–Trinajstić information content (AvgIpc) is 3.79. The zero-order valence-electron chi connectivity index (χ0n) is 27.4. The van der Waals surface area contributed by atoms with Crippen molar-refractivity contribution in [2.24, 2.45) is 17.8 Å². The smallest absolute Gasteiger partial charge is 0.664 e. The molecule has 0 radical (unpaired) electrons. The normalized spacial score (nSPS) is 23.3. The number of ketones is 1. The summed E-state index contributed by atoms with van der Waals surface area (Å²) >= 11 is 0. The molecule has 238 valence electrons. The Bertz CT molecular complexity index is 2040. The molecule has 3 aromatic heterocycles. The summed E-state index contributed by atoms with van der Waals surface area (Å²) in [5, 5.41) is 6.12. The number of nitrogens with zero attached hydrogens (tertiary/aromatic N) is 4. The van der Waals surface area contributed by atoms with E-state index in [1.165, 1.54) is 14.2 Å². The molecule has 1 fully saturated rings. The first-order chi connectivity index (χ1) is 22.1. The SMILES string of the molecule is C=Cc1c2[n-]c(c1C)/C=C1/[N-]/C(=C3\c4[n-]c(c(C)c4C(=O)[C@@H]3C(=O)OC)/C=c3\[n-]/c(c(C=O)c3CC)=C\2)[C@@H](CCC(=O)OC)[C@@H]1C.[Mg+2]. The van der Waals surface area contributed by atoms with Gasteiger partial charge in [0.1, 0.15) is 12.2 Å². The van der Waals surface area contributed by atoms with E-state index in [0.717, 1.165) is 23.0 Å². The van der Waals surface area contributed by atoms with E-state index in [9.17, 15) is 19.2 Å². The predicted molar refractivity (Wildman–Crippen MR) is 178 cm³/mol. The van der Waals surface area contributed by atoms with Crippen LogP contribution in [0.1, 0.15) is 92.4 Å². The molecule has 1 saturated heterocycles. The molecular weight excluding hydrogens is 609 g/mol. The average molecular weight is 643 g/mol. The summed E-state index contributed by atoms with van der Waals surface area (Å²) in [6.45, 7) is 11.7. The van der Waals surface area contributed by atoms with Gasteiger partial charge in [0.05, 0.1) is 14.2 Å². The summed E-state index contributed by atoms with van der Waals surface area (Å²) in [7, 11) is 2.59. The number of fused-ring (bicyclic) bond motifs is 7. The molecule has 1 aliphatic carbocycles. The molecule has 3 aromatic rings. The molecule has 3 aliphatic rings. The van der Waals surface area contributed by atoms with Gasteiger partial charge in [-0.15, -0.1) is 33.5 Å². The maximum Gasteiger partial charge on any atom is 2.00 e. The van der Waals surface area contributed by atoms with E-state index in [2.05, 4.69) is 6.58 Å². The van der Waals surface area contributed by atoms with Gasteiger partial charge in [-0.2, -0.15) is 11.4 Å². The predicted octanol–water partition coefficient (Wildman–Crippen LogP) is 3.11. The summed E-state index contributed by atoms with van der Waals surface area (Å²) in [5.41, 5.74) is 7.58. The Hall–Kier alpha value is -4.35. The first-order valence-corrected chi connectivity index (χ1v) is 15.3. The fraction of sp³-hybridized carbons (Fsp3) is 0.333. The Kier molecular flexibility index (Phi) is 9.43. The van der Waals surface area contributed by atoms with Crippen LogP contribution in [0.2, 0.25) is 0 Å². The largest absolute Gasteiger partial charge is 2.00 e. The van der Waals surface area contributed by atoms with Gasteiger partial charge in [0, 0.05) is 17.5 Å². The number of ether oxygens (including phenoxy) is 2. The van der Waals surface area contributed by atoms with Gasteiger partial charge in [-0.25, -0.2) is 0 Å². The third kappa shape index (κ3) is 5.35. The number of Topliss-reactive ketones (excluding diaryl/α,β-unsaturated/α-hetero) is 1. The zero-order valence-corrected chi connectivity index (χ0v) is 28.8. The number of carbonyl (C=O) groups excluding carboxylic acids is 4. The molecule has 0 N–H and O–H groups in total. The van der Waals surface area contributed by atoms with Gasteiger partial charge in [-0.1, -0.05) is 67.0 Å². The molecule has 8 bridgehead atoms. The van der Waals surface area contributed by atoms with E-state index in [-0.39, 0.29) is 47.3 Å². The number of hydrogen-bond acceptors (Lipinski definition) is 6. The zero-order chi connectivity index (χ0) is 33.0. The second-order valence-corrected chi connectivity index (χ2v) is 11.8. The van der Waals surface area contributed by atoms with Crippen molar-refractivity contribution in [1.82, 2.24) is 15.0 Å². The quantitative estimate of drug-likeness (QED) is 0.164. The van der Waals surface area contributed by atoms with Crippen molar-refractivity contribution >= 4 is 76.9 Å². The Morgan fingerprint density at radius 2 is 1.66 bits per heavy atom. The fourth-order valence-corrected chi connectivity index (χ4v) is 6.97. The summed E-state index contributed by atoms with van der Waals surface area (Å²) in [6, 6.07) is 0. The van der Waals surface area contributed by atoms with Crippen LogP contribution in [0.25, 0.3) is 35.2 Å². The first kappa shape index (κ1) is 34.0. The van der Waals surface area contributed by atoms with Crippen molar-refractivity contribution in [2.75, 3.05) is 14.2 Å². The minimum absolute atomic E-state index is 0. The fourth-order valence-electron chi connectivity index (χ4n) is 6.97. The van der Waals surface area contributed by atoms with Gasteiger partial charge in [0.15, 0.2) is 5.78 Å². The molecule has 2 aliphatic heterocycles. The minimum atomic E-state index is -1.25. The Labute approximate surface area is 288 Å². The van der Waals surface area contributed by atoms with Gasteiger partial charge in [0.2, 0.25) is 0 Å². The van der Waals surface area contributed by atoms with Crippen LogP contribution < -0.4 is 25.7 Å². The third-order valence-corrected chi connectivity index (χ3v) is 9.51. The van der Waals surface area contributed by atoms with E-state index < -0.39 is 17.7 Å². The second kappa shape index (κ2) is 13.0. The first-order valence-electron chi connectivity index (χ1n) is 15.3. The minimum Gasteiger partial charge on any atom is -0.664 e. The molecule has 6 rings (SSSR count). The van der Waals surface area contributed by atoms with Crippen LogP contribution in [0, 0.1) is 31.6 Å². The molecule has 47 heavy (non-hydrogen) atoms. The van der Waals surface area contributed by atoms with Crippen molar-refractivity contribution in [1.29, 1.82) is 0 Å². The summed E-state index contributed by atoms with van der Waals surface area (Å²) in [5.74, 6) is -3.26. The third-order valence-electron chi connectivity index (χ3n) is 9.51. The molecule has 0 aromatic carbocycles. The Balaban J connectivity index is 0.00000433. The monoisotopic (exact) mass is 642 g/mol. The number of methoxy groups -OCH3 is 2. The molecule has 0 amide bonds. The number of allylic oxidation sites excluding steroid dienone is 2. The standard InChI is InChI=1S/C36H35N4O6.Mg/c1-8-19-16(3)23-12-24-17(4)21(10-11-29(42)45-6)33(39-24)31-32(36(44)46-7)35(43)30-18(5)25(40-34(30)31)13-27-20(9-2)22(15-41)28(38-27)14-26(19)37-23;/h8,12-15,17,21,32H,1,9-11H2,2-7H3,(H-,39,40,41,43);/q-3;+2/p-1/b24-12+,28-14-;/t17-,21-,32+;/m0./s1.